The van der Waals surface area contributed by atoms with Crippen LogP contribution in [0.4, 0.5) is 5.82 Å². The first-order chi connectivity index (χ1) is 8.49. The van der Waals surface area contributed by atoms with Crippen LogP contribution in [0.1, 0.15) is 18.1 Å². The van der Waals surface area contributed by atoms with Crippen molar-refractivity contribution in [1.82, 2.24) is 4.98 Å². The van der Waals surface area contributed by atoms with E-state index < -0.39 is 5.60 Å². The van der Waals surface area contributed by atoms with Gasteiger partial charge in [0, 0.05) is 17.1 Å². The molecule has 1 aromatic heterocycles. The standard InChI is InChI=1S/C14H15BrN2O/c1-14(18,11-4-2-3-5-12(11)15)9-10-6-7-17-13(16)8-10/h2-8,18H,9H2,1H3,(H2,16,17). The Balaban J connectivity index is 2.30. The van der Waals surface area contributed by atoms with Crippen molar-refractivity contribution in [3.8, 4) is 0 Å². The van der Waals surface area contributed by atoms with Gasteiger partial charge in [-0.05, 0) is 36.2 Å². The molecular weight excluding hydrogens is 292 g/mol. The Labute approximate surface area is 115 Å². The number of halogens is 1. The third kappa shape index (κ3) is 2.89. The second kappa shape index (κ2) is 5.08. The van der Waals surface area contributed by atoms with Crippen molar-refractivity contribution in [3.05, 3.63) is 58.2 Å². The summed E-state index contributed by atoms with van der Waals surface area (Å²) in [5.41, 5.74) is 6.52. The van der Waals surface area contributed by atoms with Crippen molar-refractivity contribution in [2.24, 2.45) is 0 Å². The Kier molecular flexibility index (Phi) is 3.68. The van der Waals surface area contributed by atoms with Crippen LogP contribution in [0.5, 0.6) is 0 Å². The highest BCUT2D eigenvalue weighted by molar-refractivity contribution is 9.10. The van der Waals surface area contributed by atoms with Gasteiger partial charge < -0.3 is 10.8 Å². The summed E-state index contributed by atoms with van der Waals surface area (Å²) in [7, 11) is 0. The fourth-order valence-electron chi connectivity index (χ4n) is 2.00. The van der Waals surface area contributed by atoms with Gasteiger partial charge in [-0.1, -0.05) is 34.1 Å². The van der Waals surface area contributed by atoms with E-state index in [0.29, 0.717) is 12.2 Å². The van der Waals surface area contributed by atoms with Crippen molar-refractivity contribution in [2.75, 3.05) is 5.73 Å². The molecule has 0 fully saturated rings. The van der Waals surface area contributed by atoms with Crippen LogP contribution in [0.2, 0.25) is 0 Å². The molecule has 0 aliphatic heterocycles. The van der Waals surface area contributed by atoms with Crippen LogP contribution in [0.25, 0.3) is 0 Å². The maximum Gasteiger partial charge on any atom is 0.123 e. The van der Waals surface area contributed by atoms with E-state index in [1.165, 1.54) is 0 Å². The van der Waals surface area contributed by atoms with Crippen molar-refractivity contribution in [3.63, 3.8) is 0 Å². The largest absolute Gasteiger partial charge is 0.385 e. The number of aliphatic hydroxyl groups is 1. The number of aromatic nitrogens is 1. The minimum absolute atomic E-state index is 0.468. The molecule has 18 heavy (non-hydrogen) atoms. The molecule has 0 saturated carbocycles. The van der Waals surface area contributed by atoms with E-state index >= 15 is 0 Å². The highest BCUT2D eigenvalue weighted by Crippen LogP contribution is 2.31. The van der Waals surface area contributed by atoms with Gasteiger partial charge in [0.2, 0.25) is 0 Å². The molecule has 0 aliphatic rings. The molecule has 2 aromatic rings. The molecule has 1 aromatic carbocycles. The van der Waals surface area contributed by atoms with Crippen LogP contribution < -0.4 is 5.73 Å². The first-order valence-corrected chi connectivity index (χ1v) is 6.46. The second-order valence-electron chi connectivity index (χ2n) is 4.52. The molecule has 0 radical (unpaired) electrons. The molecule has 94 valence electrons. The lowest BCUT2D eigenvalue weighted by molar-refractivity contribution is 0.0569. The molecule has 0 spiro atoms. The summed E-state index contributed by atoms with van der Waals surface area (Å²) >= 11 is 3.46. The minimum atomic E-state index is -0.951. The molecular formula is C14H15BrN2O. The Hall–Kier alpha value is -1.39. The lowest BCUT2D eigenvalue weighted by Gasteiger charge is -2.25. The number of benzene rings is 1. The molecule has 2 rings (SSSR count). The van der Waals surface area contributed by atoms with Gasteiger partial charge in [0.25, 0.3) is 0 Å². The third-order valence-electron chi connectivity index (χ3n) is 2.85. The molecule has 0 bridgehead atoms. The zero-order chi connectivity index (χ0) is 13.2. The van der Waals surface area contributed by atoms with Crippen molar-refractivity contribution < 1.29 is 5.11 Å². The van der Waals surface area contributed by atoms with Gasteiger partial charge in [-0.15, -0.1) is 0 Å². The molecule has 3 N–H and O–H groups in total. The predicted octanol–water partition coefficient (Wildman–Crippen LogP) is 2.88. The molecule has 4 heteroatoms. The lowest BCUT2D eigenvalue weighted by Crippen LogP contribution is -2.24. The van der Waals surface area contributed by atoms with E-state index in [1.54, 1.807) is 19.2 Å². The first-order valence-electron chi connectivity index (χ1n) is 5.67. The fourth-order valence-corrected chi connectivity index (χ4v) is 2.71. The van der Waals surface area contributed by atoms with Crippen LogP contribution in [0.3, 0.4) is 0 Å². The summed E-state index contributed by atoms with van der Waals surface area (Å²) in [6.07, 6.45) is 2.14. The van der Waals surface area contributed by atoms with E-state index in [-0.39, 0.29) is 0 Å². The van der Waals surface area contributed by atoms with Crippen molar-refractivity contribution >= 4 is 21.7 Å². The van der Waals surface area contributed by atoms with Crippen LogP contribution >= 0.6 is 15.9 Å². The predicted molar refractivity (Wildman–Crippen MR) is 76.1 cm³/mol. The zero-order valence-electron chi connectivity index (χ0n) is 10.1. The van der Waals surface area contributed by atoms with E-state index in [9.17, 15) is 5.11 Å². The average Bonchev–Trinajstić information content (AvgIpc) is 2.28. The maximum atomic E-state index is 10.6. The van der Waals surface area contributed by atoms with E-state index in [1.807, 2.05) is 30.3 Å². The van der Waals surface area contributed by atoms with Gasteiger partial charge >= 0.3 is 0 Å². The number of nitrogens with two attached hydrogens (primary N) is 1. The normalized spacial score (nSPS) is 14.2. The first kappa shape index (κ1) is 13.1. The quantitative estimate of drug-likeness (QED) is 0.916. The third-order valence-corrected chi connectivity index (χ3v) is 3.54. The number of nitrogens with zero attached hydrogens (tertiary/aromatic N) is 1. The molecule has 1 unspecified atom stereocenters. The van der Waals surface area contributed by atoms with E-state index in [2.05, 4.69) is 20.9 Å². The topological polar surface area (TPSA) is 59.1 Å². The number of nitrogen functional groups attached to an aromatic ring is 1. The van der Waals surface area contributed by atoms with Gasteiger partial charge in [0.1, 0.15) is 5.82 Å². The van der Waals surface area contributed by atoms with E-state index in [0.717, 1.165) is 15.6 Å². The number of anilines is 1. The molecule has 0 aliphatic carbocycles. The van der Waals surface area contributed by atoms with Crippen LogP contribution in [0, 0.1) is 0 Å². The van der Waals surface area contributed by atoms with Crippen LogP contribution in [-0.4, -0.2) is 10.1 Å². The molecule has 1 heterocycles. The SMILES string of the molecule is CC(O)(Cc1ccnc(N)c1)c1ccccc1Br. The summed E-state index contributed by atoms with van der Waals surface area (Å²) in [6.45, 7) is 1.80. The fraction of sp³-hybridized carbons (Fsp3) is 0.214. The minimum Gasteiger partial charge on any atom is -0.385 e. The highest BCUT2D eigenvalue weighted by atomic mass is 79.9. The smallest absolute Gasteiger partial charge is 0.123 e. The molecule has 0 amide bonds. The number of hydrogen-bond acceptors (Lipinski definition) is 3. The second-order valence-corrected chi connectivity index (χ2v) is 5.37. The van der Waals surface area contributed by atoms with Gasteiger partial charge in [-0.3, -0.25) is 0 Å². The average molecular weight is 307 g/mol. The Bertz CT molecular complexity index is 555. The van der Waals surface area contributed by atoms with Gasteiger partial charge in [0.05, 0.1) is 5.60 Å². The monoisotopic (exact) mass is 306 g/mol. The summed E-state index contributed by atoms with van der Waals surface area (Å²) in [4.78, 5) is 3.95. The molecule has 3 nitrogen and oxygen atoms in total. The Morgan fingerprint density at radius 3 is 2.72 bits per heavy atom. The number of rotatable bonds is 3. The zero-order valence-corrected chi connectivity index (χ0v) is 11.7. The van der Waals surface area contributed by atoms with Crippen LogP contribution in [0.15, 0.2) is 47.1 Å². The summed E-state index contributed by atoms with van der Waals surface area (Å²) in [5, 5.41) is 10.6. The summed E-state index contributed by atoms with van der Waals surface area (Å²) in [6, 6.07) is 11.3. The number of pyridine rings is 1. The maximum absolute atomic E-state index is 10.6. The van der Waals surface area contributed by atoms with Gasteiger partial charge in [-0.2, -0.15) is 0 Å². The lowest BCUT2D eigenvalue weighted by atomic mass is 9.89. The Morgan fingerprint density at radius 2 is 2.06 bits per heavy atom. The van der Waals surface area contributed by atoms with E-state index in [4.69, 9.17) is 5.73 Å². The van der Waals surface area contributed by atoms with Crippen molar-refractivity contribution in [2.45, 2.75) is 18.9 Å². The summed E-state index contributed by atoms with van der Waals surface area (Å²) < 4.78 is 0.900. The number of hydrogen-bond donors (Lipinski definition) is 2. The van der Waals surface area contributed by atoms with Crippen molar-refractivity contribution in [1.29, 1.82) is 0 Å². The van der Waals surface area contributed by atoms with Crippen LogP contribution in [-0.2, 0) is 12.0 Å². The molecule has 0 saturated heterocycles. The highest BCUT2D eigenvalue weighted by Gasteiger charge is 2.25. The Morgan fingerprint density at radius 1 is 1.33 bits per heavy atom. The summed E-state index contributed by atoms with van der Waals surface area (Å²) in [5.74, 6) is 0.468. The molecule has 1 atom stereocenters. The van der Waals surface area contributed by atoms with Gasteiger partial charge in [0.15, 0.2) is 0 Å². The van der Waals surface area contributed by atoms with Gasteiger partial charge in [-0.25, -0.2) is 4.98 Å².